The largest absolute Gasteiger partial charge is 0.507 e. The minimum Gasteiger partial charge on any atom is -0.507 e. The number of benzene rings is 2. The molecule has 1 aromatic heterocycles. The highest BCUT2D eigenvalue weighted by Crippen LogP contribution is 2.44. The monoisotopic (exact) mass is 389 g/mol. The van der Waals surface area contributed by atoms with Gasteiger partial charge in [0.25, 0.3) is 0 Å². The fourth-order valence-corrected chi connectivity index (χ4v) is 4.95. The Morgan fingerprint density at radius 1 is 1.16 bits per heavy atom. The van der Waals surface area contributed by atoms with E-state index >= 15 is 0 Å². The molecular weight excluding hydrogens is 378 g/mol. The predicted octanol–water partition coefficient (Wildman–Crippen LogP) is 4.34. The third-order valence-corrected chi connectivity index (χ3v) is 6.16. The number of nitrogens with zero attached hydrogens (tertiary/aromatic N) is 3. The van der Waals surface area contributed by atoms with Crippen molar-refractivity contribution in [2.45, 2.75) is 5.37 Å². The molecule has 1 amide bonds. The third-order valence-electron chi connectivity index (χ3n) is 3.76. The molecule has 1 N–H and O–H groups in total. The summed E-state index contributed by atoms with van der Waals surface area (Å²) in [6, 6.07) is 14.4. The molecule has 1 aliphatic heterocycles. The van der Waals surface area contributed by atoms with E-state index in [-0.39, 0.29) is 17.0 Å². The number of hydrogen-bond donors (Lipinski definition) is 1. The number of hydrogen-bond acceptors (Lipinski definition) is 6. The van der Waals surface area contributed by atoms with Crippen LogP contribution in [0.4, 0.5) is 5.13 Å². The van der Waals surface area contributed by atoms with Gasteiger partial charge in [0, 0.05) is 5.02 Å². The second-order valence-corrected chi connectivity index (χ2v) is 7.85. The summed E-state index contributed by atoms with van der Waals surface area (Å²) in [5, 5.41) is 19.9. The summed E-state index contributed by atoms with van der Waals surface area (Å²) in [7, 11) is 0. The number of carbonyl (C=O) groups is 1. The van der Waals surface area contributed by atoms with Gasteiger partial charge in [0.1, 0.15) is 11.1 Å². The second kappa shape index (κ2) is 6.67. The number of para-hydroxylation sites is 1. The Labute approximate surface area is 157 Å². The van der Waals surface area contributed by atoms with Crippen LogP contribution in [0, 0.1) is 0 Å². The Balaban J connectivity index is 1.70. The van der Waals surface area contributed by atoms with Gasteiger partial charge >= 0.3 is 0 Å². The Hall–Kier alpha value is -2.09. The number of anilines is 1. The third kappa shape index (κ3) is 3.10. The van der Waals surface area contributed by atoms with Crippen LogP contribution in [0.1, 0.15) is 10.9 Å². The van der Waals surface area contributed by atoms with Gasteiger partial charge in [-0.2, -0.15) is 0 Å². The van der Waals surface area contributed by atoms with Crippen molar-refractivity contribution in [2.75, 3.05) is 10.7 Å². The minimum atomic E-state index is -0.184. The van der Waals surface area contributed by atoms with Gasteiger partial charge in [0.2, 0.25) is 11.0 Å². The van der Waals surface area contributed by atoms with Crippen molar-refractivity contribution in [3.05, 3.63) is 59.1 Å². The molecule has 25 heavy (non-hydrogen) atoms. The van der Waals surface area contributed by atoms with Crippen LogP contribution in [0.15, 0.2) is 48.5 Å². The number of phenols is 1. The summed E-state index contributed by atoms with van der Waals surface area (Å²) < 4.78 is 0. The molecular formula is C17H12ClN3O2S2. The Morgan fingerprint density at radius 2 is 2.00 bits per heavy atom. The van der Waals surface area contributed by atoms with E-state index in [4.69, 9.17) is 11.6 Å². The van der Waals surface area contributed by atoms with Crippen LogP contribution in [0.3, 0.4) is 0 Å². The summed E-state index contributed by atoms with van der Waals surface area (Å²) in [5.74, 6) is 0.497. The summed E-state index contributed by atoms with van der Waals surface area (Å²) >= 11 is 8.90. The Bertz CT molecular complexity index is 947. The van der Waals surface area contributed by atoms with Crippen molar-refractivity contribution in [3.8, 4) is 16.3 Å². The van der Waals surface area contributed by atoms with Gasteiger partial charge < -0.3 is 5.11 Å². The van der Waals surface area contributed by atoms with E-state index in [1.807, 2.05) is 24.3 Å². The van der Waals surface area contributed by atoms with Crippen molar-refractivity contribution >= 4 is 45.7 Å². The number of rotatable bonds is 3. The maximum atomic E-state index is 12.4. The van der Waals surface area contributed by atoms with E-state index in [1.165, 1.54) is 23.1 Å². The molecule has 2 heterocycles. The Kier molecular flexibility index (Phi) is 4.37. The zero-order chi connectivity index (χ0) is 17.4. The number of aromatic hydroxyl groups is 1. The van der Waals surface area contributed by atoms with Crippen LogP contribution in [0.2, 0.25) is 5.02 Å². The first-order valence-corrected chi connectivity index (χ1v) is 9.69. The minimum absolute atomic E-state index is 0.0186. The van der Waals surface area contributed by atoms with Crippen LogP contribution < -0.4 is 4.90 Å². The lowest BCUT2D eigenvalue weighted by Crippen LogP contribution is -2.27. The molecule has 5 nitrogen and oxygen atoms in total. The highest BCUT2D eigenvalue weighted by molar-refractivity contribution is 8.00. The molecule has 1 atom stereocenters. The molecule has 0 radical (unpaired) electrons. The van der Waals surface area contributed by atoms with E-state index in [9.17, 15) is 9.90 Å². The molecule has 0 saturated carbocycles. The van der Waals surface area contributed by atoms with Crippen LogP contribution in [0.25, 0.3) is 10.6 Å². The van der Waals surface area contributed by atoms with E-state index < -0.39 is 0 Å². The number of aromatic nitrogens is 2. The molecule has 2 aromatic carbocycles. The van der Waals surface area contributed by atoms with Gasteiger partial charge in [-0.15, -0.1) is 22.0 Å². The Morgan fingerprint density at radius 3 is 2.80 bits per heavy atom. The second-order valence-electron chi connectivity index (χ2n) is 5.39. The number of carbonyl (C=O) groups excluding carboxylic acids is 1. The van der Waals surface area contributed by atoms with Crippen LogP contribution in [-0.4, -0.2) is 27.0 Å². The van der Waals surface area contributed by atoms with Crippen LogP contribution in [-0.2, 0) is 4.79 Å². The predicted molar refractivity (Wildman–Crippen MR) is 101 cm³/mol. The smallest absolute Gasteiger partial charge is 0.240 e. The zero-order valence-corrected chi connectivity index (χ0v) is 15.2. The molecule has 1 unspecified atom stereocenters. The lowest BCUT2D eigenvalue weighted by atomic mass is 10.2. The molecule has 0 spiro atoms. The first kappa shape index (κ1) is 16.4. The topological polar surface area (TPSA) is 66.3 Å². The van der Waals surface area contributed by atoms with Crippen molar-refractivity contribution in [1.29, 1.82) is 0 Å². The van der Waals surface area contributed by atoms with Gasteiger partial charge in [-0.05, 0) is 29.8 Å². The number of halogens is 1. The fraction of sp³-hybridized carbons (Fsp3) is 0.118. The molecule has 8 heteroatoms. The van der Waals surface area contributed by atoms with Crippen LogP contribution >= 0.6 is 34.7 Å². The van der Waals surface area contributed by atoms with E-state index in [2.05, 4.69) is 10.2 Å². The molecule has 1 saturated heterocycles. The van der Waals surface area contributed by atoms with E-state index in [0.717, 1.165) is 5.56 Å². The lowest BCUT2D eigenvalue weighted by Gasteiger charge is -2.21. The lowest BCUT2D eigenvalue weighted by molar-refractivity contribution is -0.115. The van der Waals surface area contributed by atoms with E-state index in [0.29, 0.717) is 26.5 Å². The fourth-order valence-electron chi connectivity index (χ4n) is 2.61. The standard InChI is InChI=1S/C17H12ClN3O2S2/c18-11-5-3-4-10(8-11)16-21(14(23)9-24-16)17-20-19-15(25-17)12-6-1-2-7-13(12)22/h1-8,16,22H,9H2. The highest BCUT2D eigenvalue weighted by atomic mass is 35.5. The molecule has 4 rings (SSSR count). The highest BCUT2D eigenvalue weighted by Gasteiger charge is 2.36. The van der Waals surface area contributed by atoms with Gasteiger partial charge in [-0.3, -0.25) is 9.69 Å². The summed E-state index contributed by atoms with van der Waals surface area (Å²) in [4.78, 5) is 14.1. The van der Waals surface area contributed by atoms with Crippen LogP contribution in [0.5, 0.6) is 5.75 Å². The van der Waals surface area contributed by atoms with Crippen molar-refractivity contribution < 1.29 is 9.90 Å². The molecule has 3 aromatic rings. The maximum Gasteiger partial charge on any atom is 0.240 e. The average Bonchev–Trinajstić information content (AvgIpc) is 3.22. The SMILES string of the molecule is O=C1CSC(c2cccc(Cl)c2)N1c1nnc(-c2ccccc2O)s1. The first-order chi connectivity index (χ1) is 12.1. The van der Waals surface area contributed by atoms with Crippen molar-refractivity contribution in [3.63, 3.8) is 0 Å². The summed E-state index contributed by atoms with van der Waals surface area (Å²) in [5.41, 5.74) is 1.55. The van der Waals surface area contributed by atoms with Crippen molar-refractivity contribution in [2.24, 2.45) is 0 Å². The first-order valence-electron chi connectivity index (χ1n) is 7.44. The average molecular weight is 390 g/mol. The molecule has 0 bridgehead atoms. The molecule has 1 aliphatic rings. The van der Waals surface area contributed by atoms with E-state index in [1.54, 1.807) is 29.2 Å². The normalized spacial score (nSPS) is 17.2. The zero-order valence-electron chi connectivity index (χ0n) is 12.8. The quantitative estimate of drug-likeness (QED) is 0.721. The van der Waals surface area contributed by atoms with Gasteiger partial charge in [-0.1, -0.05) is 47.2 Å². The summed E-state index contributed by atoms with van der Waals surface area (Å²) in [6.07, 6.45) is 0. The maximum absolute atomic E-state index is 12.4. The molecule has 1 fully saturated rings. The summed E-state index contributed by atoms with van der Waals surface area (Å²) in [6.45, 7) is 0. The number of phenolic OH excluding ortho intramolecular Hbond substituents is 1. The van der Waals surface area contributed by atoms with Gasteiger partial charge in [-0.25, -0.2) is 0 Å². The van der Waals surface area contributed by atoms with Gasteiger partial charge in [0.15, 0.2) is 5.01 Å². The number of amides is 1. The molecule has 126 valence electrons. The number of thioether (sulfide) groups is 1. The van der Waals surface area contributed by atoms with Crippen molar-refractivity contribution in [1.82, 2.24) is 10.2 Å². The molecule has 0 aliphatic carbocycles. The van der Waals surface area contributed by atoms with Gasteiger partial charge in [0.05, 0.1) is 11.3 Å².